The Kier molecular flexibility index (Phi) is 8.27. The average Bonchev–Trinajstić information content (AvgIpc) is 3.82. The number of Topliss-reactive ketones (excluding diaryl/α,β-unsaturated/α-hetero) is 2. The number of imidazole rings is 2. The van der Waals surface area contributed by atoms with E-state index in [1.807, 2.05) is 6.08 Å². The number of nitrogens with one attached hydrogen (secondary N) is 1. The van der Waals surface area contributed by atoms with Crippen molar-refractivity contribution in [1.82, 2.24) is 38.1 Å². The number of fused-ring (bicyclic) bond motifs is 6. The summed E-state index contributed by atoms with van der Waals surface area (Å²) in [5.41, 5.74) is 3.49. The molecule has 0 unspecified atom stereocenters. The van der Waals surface area contributed by atoms with Crippen LogP contribution in [-0.4, -0.2) is 82.2 Å². The molecule has 4 aromatic heterocycles. The van der Waals surface area contributed by atoms with Gasteiger partial charge in [-0.1, -0.05) is 12.2 Å². The summed E-state index contributed by atoms with van der Waals surface area (Å²) in [6.07, 6.45) is 7.31. The number of amides is 1. The minimum Gasteiger partial charge on any atom is -0.444 e. The molecule has 0 radical (unpaired) electrons. The molecule has 14 heteroatoms. The highest BCUT2D eigenvalue weighted by molar-refractivity contribution is 6.07. The molecule has 1 N–H and O–H groups in total. The van der Waals surface area contributed by atoms with Crippen LogP contribution in [0.4, 0.5) is 4.79 Å². The fourth-order valence-electron chi connectivity index (χ4n) is 7.48. The molecule has 0 fully saturated rings. The van der Waals surface area contributed by atoms with Gasteiger partial charge in [-0.2, -0.15) is 0 Å². The van der Waals surface area contributed by atoms with Gasteiger partial charge in [0, 0.05) is 52.9 Å². The van der Waals surface area contributed by atoms with Gasteiger partial charge >= 0.3 is 6.09 Å². The number of ether oxygens (including phenoxy) is 1. The van der Waals surface area contributed by atoms with Crippen LogP contribution in [0.3, 0.4) is 0 Å². The molecule has 0 atom stereocenters. The number of carbonyl (C=O) groups excluding carboxylic acids is 3. The van der Waals surface area contributed by atoms with E-state index in [0.717, 1.165) is 21.3 Å². The Morgan fingerprint density at radius 2 is 1.28 bits per heavy atom. The largest absolute Gasteiger partial charge is 0.444 e. The topological polar surface area (TPSA) is 154 Å². The SMILES string of the molecule is [2H]C([2H])([2H])n1c(=O)c2cc(C)cc(C(C)=O)c2n2cnc(C3=CCN(C(=O)OC(C)(C)C)CC3)c12.[2H]C([2H])([2H])n1c(=O)c2cc(C)cc(C(C)=O)c2n2cnc(C3=CCNCC3)c12. The van der Waals surface area contributed by atoms with Crippen LogP contribution in [0.5, 0.6) is 0 Å². The Morgan fingerprint density at radius 1 is 0.772 bits per heavy atom. The van der Waals surface area contributed by atoms with Crippen molar-refractivity contribution < 1.29 is 27.3 Å². The zero-order chi connectivity index (χ0) is 46.1. The minimum atomic E-state index is -2.78. The fraction of sp³-hybridized carbons (Fsp3) is 0.372. The van der Waals surface area contributed by atoms with Crippen molar-refractivity contribution in [1.29, 1.82) is 0 Å². The van der Waals surface area contributed by atoms with Crippen molar-refractivity contribution >= 4 is 61.9 Å². The number of ketones is 2. The molecular formula is C43H48N8O6. The molecule has 2 aliphatic heterocycles. The zero-order valence-corrected chi connectivity index (χ0v) is 32.9. The Balaban J connectivity index is 0.000000193. The monoisotopic (exact) mass is 778 g/mol. The Bertz CT molecular complexity index is 3090. The van der Waals surface area contributed by atoms with Crippen LogP contribution >= 0.6 is 0 Å². The lowest BCUT2D eigenvalue weighted by Crippen LogP contribution is -2.39. The summed E-state index contributed by atoms with van der Waals surface area (Å²) in [6, 6.07) is 6.60. The molecular weight excluding hydrogens is 725 g/mol. The summed E-state index contributed by atoms with van der Waals surface area (Å²) in [7, 11) is 0. The summed E-state index contributed by atoms with van der Waals surface area (Å²) < 4.78 is 58.3. The molecule has 1 amide bonds. The highest BCUT2D eigenvalue weighted by Crippen LogP contribution is 2.30. The number of hydrogen-bond acceptors (Lipinski definition) is 9. The van der Waals surface area contributed by atoms with Gasteiger partial charge in [0.15, 0.2) is 11.6 Å². The van der Waals surface area contributed by atoms with Gasteiger partial charge in [0.1, 0.15) is 40.9 Å². The van der Waals surface area contributed by atoms with E-state index in [0.29, 0.717) is 76.2 Å². The van der Waals surface area contributed by atoms with Crippen molar-refractivity contribution in [2.24, 2.45) is 14.0 Å². The number of carbonyl (C=O) groups is 3. The molecule has 296 valence electrons. The van der Waals surface area contributed by atoms with Crippen molar-refractivity contribution in [3.8, 4) is 0 Å². The van der Waals surface area contributed by atoms with E-state index in [1.165, 1.54) is 30.9 Å². The molecule has 8 rings (SSSR count). The van der Waals surface area contributed by atoms with E-state index in [-0.39, 0.29) is 40.2 Å². The summed E-state index contributed by atoms with van der Waals surface area (Å²) in [5, 5.41) is 3.53. The first kappa shape index (κ1) is 32.0. The smallest absolute Gasteiger partial charge is 0.410 e. The second-order valence-electron chi connectivity index (χ2n) is 15.5. The first-order valence-electron chi connectivity index (χ1n) is 21.6. The van der Waals surface area contributed by atoms with E-state index in [4.69, 9.17) is 13.0 Å². The predicted octanol–water partition coefficient (Wildman–Crippen LogP) is 5.80. The number of aromatic nitrogens is 6. The van der Waals surface area contributed by atoms with E-state index in [1.54, 1.807) is 74.3 Å². The highest BCUT2D eigenvalue weighted by Gasteiger charge is 2.27. The molecule has 0 aliphatic carbocycles. The maximum Gasteiger partial charge on any atom is 0.410 e. The Labute approximate surface area is 337 Å². The molecule has 0 saturated heterocycles. The lowest BCUT2D eigenvalue weighted by Gasteiger charge is -2.29. The zero-order valence-electron chi connectivity index (χ0n) is 38.9. The van der Waals surface area contributed by atoms with E-state index < -0.39 is 36.8 Å². The van der Waals surface area contributed by atoms with Crippen LogP contribution in [0.1, 0.15) is 98.9 Å². The predicted molar refractivity (Wildman–Crippen MR) is 221 cm³/mol. The first-order valence-corrected chi connectivity index (χ1v) is 18.6. The lowest BCUT2D eigenvalue weighted by molar-refractivity contribution is 0.0270. The number of nitrogens with zero attached hydrogens (tertiary/aromatic N) is 7. The van der Waals surface area contributed by atoms with E-state index in [9.17, 15) is 24.0 Å². The maximum atomic E-state index is 13.5. The fourth-order valence-corrected chi connectivity index (χ4v) is 7.48. The van der Waals surface area contributed by atoms with Gasteiger partial charge in [0.25, 0.3) is 11.1 Å². The van der Waals surface area contributed by atoms with E-state index in [2.05, 4.69) is 15.3 Å². The summed E-state index contributed by atoms with van der Waals surface area (Å²) in [6.45, 7) is 8.28. The van der Waals surface area contributed by atoms with Gasteiger partial charge in [0.05, 0.1) is 21.8 Å². The maximum absolute atomic E-state index is 13.5. The normalized spacial score (nSPS) is 16.8. The van der Waals surface area contributed by atoms with Gasteiger partial charge in [-0.05, 0) is 114 Å². The molecule has 6 heterocycles. The molecule has 6 aromatic rings. The minimum absolute atomic E-state index is 0.0887. The number of hydrogen-bond donors (Lipinski definition) is 1. The van der Waals surface area contributed by atoms with Crippen molar-refractivity contribution in [2.75, 3.05) is 26.2 Å². The molecule has 2 aromatic carbocycles. The van der Waals surface area contributed by atoms with Crippen molar-refractivity contribution in [2.45, 2.75) is 66.9 Å². The molecule has 0 saturated carbocycles. The van der Waals surface area contributed by atoms with Gasteiger partial charge < -0.3 is 15.0 Å². The summed E-state index contributed by atoms with van der Waals surface area (Å²) >= 11 is 0. The lowest BCUT2D eigenvalue weighted by atomic mass is 10.0. The first-order chi connectivity index (χ1) is 29.4. The molecule has 57 heavy (non-hydrogen) atoms. The number of rotatable bonds is 4. The summed E-state index contributed by atoms with van der Waals surface area (Å²) in [5.74, 6) is -0.441. The standard InChI is InChI=1S/C24H28N4O4.C19H20N4O2/c1-14-11-17(15(2)29)20-18(12-14)22(30)26(6)21-19(25-13-28(20)21)16-7-9-27(10-8-16)23(31)32-24(3,4)5;1-11-8-14(12(2)24)17-15(9-11)19(25)22(3)18-16(21-10-23(17)18)13-4-6-20-7-5-13/h7,11-13H,8-10H2,1-6H3;4,8-10,20H,5-7H2,1-3H3/i6D3;3D3. The van der Waals surface area contributed by atoms with Crippen molar-refractivity contribution in [3.63, 3.8) is 0 Å². The molecule has 0 bridgehead atoms. The van der Waals surface area contributed by atoms with Crippen LogP contribution in [0, 0.1) is 13.8 Å². The third kappa shape index (κ3) is 7.09. The Morgan fingerprint density at radius 3 is 1.68 bits per heavy atom. The van der Waals surface area contributed by atoms with Gasteiger partial charge in [-0.25, -0.2) is 14.8 Å². The van der Waals surface area contributed by atoms with E-state index >= 15 is 0 Å². The van der Waals surface area contributed by atoms with Gasteiger partial charge in [-0.15, -0.1) is 0 Å². The molecule has 14 nitrogen and oxygen atoms in total. The van der Waals surface area contributed by atoms with Gasteiger partial charge in [-0.3, -0.25) is 37.1 Å². The van der Waals surface area contributed by atoms with Crippen LogP contribution in [-0.2, 0) is 18.7 Å². The molecule has 0 spiro atoms. The van der Waals surface area contributed by atoms with Crippen LogP contribution < -0.4 is 16.4 Å². The second-order valence-corrected chi connectivity index (χ2v) is 15.5. The van der Waals surface area contributed by atoms with Gasteiger partial charge in [0.2, 0.25) is 0 Å². The molecule has 2 aliphatic rings. The summed E-state index contributed by atoms with van der Waals surface area (Å²) in [4.78, 5) is 74.4. The average molecular weight is 779 g/mol. The number of aryl methyl sites for hydroxylation is 4. The van der Waals surface area contributed by atoms with Crippen LogP contribution in [0.2, 0.25) is 0 Å². The second kappa shape index (κ2) is 14.7. The third-order valence-corrected chi connectivity index (χ3v) is 10.1. The van der Waals surface area contributed by atoms with Crippen LogP contribution in [0.15, 0.2) is 58.7 Å². The third-order valence-electron chi connectivity index (χ3n) is 10.1. The van der Waals surface area contributed by atoms with Crippen molar-refractivity contribution in [3.05, 3.63) is 103 Å². The highest BCUT2D eigenvalue weighted by atomic mass is 16.6. The Hall–Kier alpha value is -6.15. The quantitative estimate of drug-likeness (QED) is 0.219. The number of benzene rings is 2. The van der Waals surface area contributed by atoms with Crippen LogP contribution in [0.25, 0.3) is 44.2 Å².